The third-order valence-corrected chi connectivity index (χ3v) is 6.46. The summed E-state index contributed by atoms with van der Waals surface area (Å²) >= 11 is 0. The Morgan fingerprint density at radius 3 is 2.16 bits per heavy atom. The van der Waals surface area contributed by atoms with Crippen LogP contribution in [0.2, 0.25) is 0 Å². The monoisotopic (exact) mass is 440 g/mol. The van der Waals surface area contributed by atoms with E-state index in [9.17, 15) is 22.8 Å². The minimum atomic E-state index is -3.36. The third kappa shape index (κ3) is 4.13. The first-order valence-electron chi connectivity index (χ1n) is 9.31. The van der Waals surface area contributed by atoms with Crippen LogP contribution in [0.5, 0.6) is 0 Å². The number of carbonyl (C=O) groups is 2. The lowest BCUT2D eigenvalue weighted by molar-refractivity contribution is 0.0694. The Labute approximate surface area is 178 Å². The molecule has 8 nitrogen and oxygen atoms in total. The van der Waals surface area contributed by atoms with E-state index in [4.69, 9.17) is 5.11 Å². The van der Waals surface area contributed by atoms with E-state index in [0.29, 0.717) is 28.1 Å². The molecular formula is C22H20N2O6S. The number of carboxylic acid groups (broad SMARTS) is 1. The molecule has 31 heavy (non-hydrogen) atoms. The van der Waals surface area contributed by atoms with Gasteiger partial charge in [0.25, 0.3) is 0 Å². The van der Waals surface area contributed by atoms with Gasteiger partial charge in [-0.3, -0.25) is 9.59 Å². The van der Waals surface area contributed by atoms with Gasteiger partial charge in [-0.05, 0) is 25.1 Å². The van der Waals surface area contributed by atoms with Crippen molar-refractivity contribution in [2.24, 2.45) is 7.05 Å². The van der Waals surface area contributed by atoms with Crippen LogP contribution in [0.1, 0.15) is 27.6 Å². The summed E-state index contributed by atoms with van der Waals surface area (Å²) in [5, 5.41) is 9.93. The molecule has 4 rings (SSSR count). The second kappa shape index (κ2) is 8.57. The molecule has 9 heteroatoms. The largest absolute Gasteiger partial charge is 0.477 e. The fourth-order valence-electron chi connectivity index (χ4n) is 3.23. The molecule has 4 aromatic rings. The zero-order valence-corrected chi connectivity index (χ0v) is 17.7. The quantitative estimate of drug-likeness (QED) is 0.488. The van der Waals surface area contributed by atoms with Gasteiger partial charge in [-0.15, -0.1) is 0 Å². The van der Waals surface area contributed by atoms with Crippen molar-refractivity contribution in [3.8, 4) is 0 Å². The SMILES string of the molecule is CCS(=O)(=O)n1cc(C=O)c2ccccc21.Cn1cc(C(=O)O)c(=O)c2ccccc21. The van der Waals surface area contributed by atoms with Crippen LogP contribution in [0.3, 0.4) is 0 Å². The van der Waals surface area contributed by atoms with E-state index in [1.165, 1.54) is 16.4 Å². The van der Waals surface area contributed by atoms with Crippen molar-refractivity contribution in [2.45, 2.75) is 6.92 Å². The molecule has 0 unspecified atom stereocenters. The molecule has 0 spiro atoms. The van der Waals surface area contributed by atoms with Crippen LogP contribution in [0.25, 0.3) is 21.8 Å². The lowest BCUT2D eigenvalue weighted by atomic mass is 10.1. The highest BCUT2D eigenvalue weighted by molar-refractivity contribution is 7.90. The average Bonchev–Trinajstić information content (AvgIpc) is 3.16. The van der Waals surface area contributed by atoms with Crippen molar-refractivity contribution in [2.75, 3.05) is 5.75 Å². The second-order valence-corrected chi connectivity index (χ2v) is 8.86. The summed E-state index contributed by atoms with van der Waals surface area (Å²) in [5.74, 6) is -1.19. The Kier molecular flexibility index (Phi) is 6.07. The number of aldehydes is 1. The number of nitrogens with zero attached hydrogens (tertiary/aromatic N) is 2. The molecule has 0 fully saturated rings. The maximum Gasteiger partial charge on any atom is 0.341 e. The smallest absolute Gasteiger partial charge is 0.341 e. The number of carboxylic acids is 1. The molecule has 2 aromatic heterocycles. The van der Waals surface area contributed by atoms with Crippen molar-refractivity contribution in [1.29, 1.82) is 0 Å². The fourth-order valence-corrected chi connectivity index (χ4v) is 4.24. The van der Waals surface area contributed by atoms with E-state index in [2.05, 4.69) is 0 Å². The van der Waals surface area contributed by atoms with Crippen LogP contribution in [0.15, 0.2) is 65.7 Å². The van der Waals surface area contributed by atoms with Gasteiger partial charge < -0.3 is 9.67 Å². The molecule has 0 aliphatic carbocycles. The molecule has 2 aromatic carbocycles. The number of hydrogen-bond donors (Lipinski definition) is 1. The number of carbonyl (C=O) groups excluding carboxylic acids is 1. The van der Waals surface area contributed by atoms with E-state index in [-0.39, 0.29) is 11.3 Å². The Bertz CT molecular complexity index is 1460. The Morgan fingerprint density at radius 2 is 1.58 bits per heavy atom. The normalized spacial score (nSPS) is 11.2. The Balaban J connectivity index is 0.000000176. The molecule has 0 amide bonds. The standard InChI is InChI=1S/C11H11NO3S.C11H9NO3/c1-2-16(14,15)12-7-9(8-13)10-5-3-4-6-11(10)12;1-12-6-8(11(14)15)10(13)7-4-2-3-5-9(7)12/h3-8H,2H2,1H3;2-6H,1H3,(H,14,15). The van der Waals surface area contributed by atoms with Gasteiger partial charge in [-0.2, -0.15) is 0 Å². The highest BCUT2D eigenvalue weighted by atomic mass is 32.2. The van der Waals surface area contributed by atoms with E-state index >= 15 is 0 Å². The molecule has 0 radical (unpaired) electrons. The van der Waals surface area contributed by atoms with Gasteiger partial charge in [0.15, 0.2) is 6.29 Å². The summed E-state index contributed by atoms with van der Waals surface area (Å²) in [6, 6.07) is 13.9. The number of fused-ring (bicyclic) bond motifs is 2. The van der Waals surface area contributed by atoms with Crippen LogP contribution in [-0.4, -0.2) is 40.1 Å². The number of rotatable bonds is 4. The summed E-state index contributed by atoms with van der Waals surface area (Å²) in [4.78, 5) is 33.4. The van der Waals surface area contributed by atoms with Gasteiger partial charge in [-0.25, -0.2) is 17.2 Å². The first kappa shape index (κ1) is 22.0. The van der Waals surface area contributed by atoms with Crippen molar-refractivity contribution in [3.63, 3.8) is 0 Å². The summed E-state index contributed by atoms with van der Waals surface area (Å²) in [6.07, 6.45) is 3.38. The Morgan fingerprint density at radius 1 is 1.00 bits per heavy atom. The molecule has 0 aliphatic heterocycles. The molecule has 0 saturated carbocycles. The number of benzene rings is 2. The Hall–Kier alpha value is -3.72. The second-order valence-electron chi connectivity index (χ2n) is 6.72. The topological polar surface area (TPSA) is 115 Å². The highest BCUT2D eigenvalue weighted by Gasteiger charge is 2.16. The maximum absolute atomic E-state index is 11.8. The fraction of sp³-hybridized carbons (Fsp3) is 0.136. The van der Waals surface area contributed by atoms with Gasteiger partial charge >= 0.3 is 5.97 Å². The minimum Gasteiger partial charge on any atom is -0.477 e. The number of para-hydroxylation sites is 2. The molecule has 0 aliphatic rings. The van der Waals surface area contributed by atoms with E-state index in [0.717, 1.165) is 5.52 Å². The molecule has 0 bridgehead atoms. The molecular weight excluding hydrogens is 420 g/mol. The van der Waals surface area contributed by atoms with Crippen LogP contribution in [0, 0.1) is 0 Å². The van der Waals surface area contributed by atoms with Crippen molar-refractivity contribution in [1.82, 2.24) is 8.54 Å². The van der Waals surface area contributed by atoms with Crippen LogP contribution in [0.4, 0.5) is 0 Å². The van der Waals surface area contributed by atoms with Crippen LogP contribution in [-0.2, 0) is 17.1 Å². The third-order valence-electron chi connectivity index (χ3n) is 4.83. The zero-order valence-electron chi connectivity index (χ0n) is 16.8. The summed E-state index contributed by atoms with van der Waals surface area (Å²) in [5.41, 5.74) is 1.04. The van der Waals surface area contributed by atoms with Crippen LogP contribution < -0.4 is 5.43 Å². The molecule has 1 N–H and O–H groups in total. The van der Waals surface area contributed by atoms with Gasteiger partial charge in [0.1, 0.15) is 5.56 Å². The average molecular weight is 440 g/mol. The van der Waals surface area contributed by atoms with Gasteiger partial charge in [0.2, 0.25) is 15.5 Å². The minimum absolute atomic E-state index is 0.00394. The van der Waals surface area contributed by atoms with Crippen LogP contribution >= 0.6 is 0 Å². The number of hydrogen-bond acceptors (Lipinski definition) is 5. The first-order valence-corrected chi connectivity index (χ1v) is 10.9. The van der Waals surface area contributed by atoms with Gasteiger partial charge in [0.05, 0.1) is 16.8 Å². The number of aryl methyl sites for hydroxylation is 1. The summed E-state index contributed by atoms with van der Waals surface area (Å²) in [6.45, 7) is 1.57. The predicted octanol–water partition coefficient (Wildman–Crippen LogP) is 2.89. The van der Waals surface area contributed by atoms with Crippen molar-refractivity contribution < 1.29 is 23.1 Å². The molecule has 160 valence electrons. The van der Waals surface area contributed by atoms with Crippen molar-refractivity contribution in [3.05, 3.63) is 82.3 Å². The van der Waals surface area contributed by atoms with E-state index < -0.39 is 21.4 Å². The molecule has 0 saturated heterocycles. The summed E-state index contributed by atoms with van der Waals surface area (Å²) in [7, 11) is -1.64. The molecule has 2 heterocycles. The number of aromatic carboxylic acids is 1. The lowest BCUT2D eigenvalue weighted by Crippen LogP contribution is -2.17. The number of pyridine rings is 1. The van der Waals surface area contributed by atoms with Crippen molar-refractivity contribution >= 4 is 44.1 Å². The summed E-state index contributed by atoms with van der Waals surface area (Å²) < 4.78 is 26.4. The highest BCUT2D eigenvalue weighted by Crippen LogP contribution is 2.21. The molecule has 0 atom stereocenters. The number of aromatic nitrogens is 2. The predicted molar refractivity (Wildman–Crippen MR) is 118 cm³/mol. The zero-order chi connectivity index (χ0) is 22.8. The van der Waals surface area contributed by atoms with E-state index in [1.807, 2.05) is 6.07 Å². The maximum atomic E-state index is 11.8. The lowest BCUT2D eigenvalue weighted by Gasteiger charge is -2.05. The van der Waals surface area contributed by atoms with Gasteiger partial charge in [0, 0.05) is 35.8 Å². The first-order chi connectivity index (χ1) is 14.7. The van der Waals surface area contributed by atoms with Gasteiger partial charge in [-0.1, -0.05) is 30.3 Å². The van der Waals surface area contributed by atoms with E-state index in [1.54, 1.807) is 61.0 Å².